The van der Waals surface area contributed by atoms with Crippen LogP contribution in [-0.2, 0) is 0 Å². The molecule has 3 nitrogen and oxygen atoms in total. The predicted molar refractivity (Wildman–Crippen MR) is 66.0 cm³/mol. The first-order valence-corrected chi connectivity index (χ1v) is 5.78. The van der Waals surface area contributed by atoms with Gasteiger partial charge in [-0.1, -0.05) is 36.4 Å². The normalized spacial score (nSPS) is 14.2. The highest BCUT2D eigenvalue weighted by molar-refractivity contribution is 7.13. The minimum absolute atomic E-state index is 0.850. The Balaban J connectivity index is 2.02. The average molecular weight is 226 g/mol. The molecule has 0 fully saturated rings. The van der Waals surface area contributed by atoms with Crippen LogP contribution in [0.15, 0.2) is 58.0 Å². The second-order valence-corrected chi connectivity index (χ2v) is 4.28. The van der Waals surface area contributed by atoms with E-state index in [1.807, 2.05) is 47.8 Å². The standard InChI is InChI=1S/C12H8N3S/c1-2-5-9(6-3-1)11-12(14-15-13-11)10-7-4-8-16-10/h1-8H. The third-order valence-corrected chi connectivity index (χ3v) is 3.19. The predicted octanol–water partition coefficient (Wildman–Crippen LogP) is 2.47. The molecule has 0 bridgehead atoms. The summed E-state index contributed by atoms with van der Waals surface area (Å²) in [6.45, 7) is 0. The number of nitrogens with zero attached hydrogens (tertiary/aromatic N) is 3. The minimum Gasteiger partial charge on any atom is -0.142 e. The van der Waals surface area contributed by atoms with E-state index in [4.69, 9.17) is 0 Å². The van der Waals surface area contributed by atoms with Gasteiger partial charge in [-0.2, -0.15) is 0 Å². The Hall–Kier alpha value is -1.94. The van der Waals surface area contributed by atoms with E-state index in [9.17, 15) is 0 Å². The van der Waals surface area contributed by atoms with Crippen molar-refractivity contribution in [3.8, 4) is 0 Å². The number of hydrogen-bond acceptors (Lipinski definition) is 3. The average Bonchev–Trinajstić information content (AvgIpc) is 3.01. The highest BCUT2D eigenvalue weighted by Gasteiger charge is 2.19. The van der Waals surface area contributed by atoms with Crippen molar-refractivity contribution in [2.24, 2.45) is 10.2 Å². The largest absolute Gasteiger partial charge is 0.142 e. The molecule has 1 aromatic carbocycles. The van der Waals surface area contributed by atoms with Crippen molar-refractivity contribution in [2.45, 2.75) is 0 Å². The summed E-state index contributed by atoms with van der Waals surface area (Å²) in [7, 11) is 0. The molecule has 0 N–H and O–H groups in total. The molecular formula is C12H8N3S. The van der Waals surface area contributed by atoms with Crippen molar-refractivity contribution in [1.29, 1.82) is 0 Å². The van der Waals surface area contributed by atoms with Gasteiger partial charge in [0.2, 0.25) is 0 Å². The summed E-state index contributed by atoms with van der Waals surface area (Å²) in [4.78, 5) is 1.10. The quantitative estimate of drug-likeness (QED) is 0.754. The highest BCUT2D eigenvalue weighted by atomic mass is 32.1. The molecule has 1 radical (unpaired) electrons. The fourth-order valence-electron chi connectivity index (χ4n) is 1.58. The molecule has 3 rings (SSSR count). The summed E-state index contributed by atoms with van der Waals surface area (Å²) < 4.78 is 0. The van der Waals surface area contributed by atoms with E-state index in [1.165, 1.54) is 0 Å². The topological polar surface area (TPSA) is 38.8 Å². The molecule has 2 heterocycles. The van der Waals surface area contributed by atoms with Crippen LogP contribution in [-0.4, -0.2) is 11.4 Å². The lowest BCUT2D eigenvalue weighted by atomic mass is 10.1. The van der Waals surface area contributed by atoms with Crippen LogP contribution >= 0.6 is 11.3 Å². The van der Waals surface area contributed by atoms with Crippen LogP contribution in [0.2, 0.25) is 0 Å². The minimum atomic E-state index is 0.850. The maximum Gasteiger partial charge on any atom is 0.133 e. The van der Waals surface area contributed by atoms with Crippen LogP contribution in [0.5, 0.6) is 0 Å². The Morgan fingerprint density at radius 2 is 1.62 bits per heavy atom. The van der Waals surface area contributed by atoms with Crippen molar-refractivity contribution in [1.82, 2.24) is 5.53 Å². The lowest BCUT2D eigenvalue weighted by Gasteiger charge is -2.00. The Kier molecular flexibility index (Phi) is 2.27. The van der Waals surface area contributed by atoms with Crippen molar-refractivity contribution in [3.05, 3.63) is 58.3 Å². The summed E-state index contributed by atoms with van der Waals surface area (Å²) in [6, 6.07) is 14.0. The molecule has 1 aromatic heterocycles. The van der Waals surface area contributed by atoms with Crippen molar-refractivity contribution in [3.63, 3.8) is 0 Å². The van der Waals surface area contributed by atoms with E-state index in [0.717, 1.165) is 21.9 Å². The number of thiophene rings is 1. The Morgan fingerprint density at radius 3 is 2.38 bits per heavy atom. The smallest absolute Gasteiger partial charge is 0.133 e. The van der Waals surface area contributed by atoms with Crippen LogP contribution in [0.25, 0.3) is 0 Å². The SMILES string of the molecule is c1ccc(C2=N[N]N=C2c2cccs2)cc1. The van der Waals surface area contributed by atoms with E-state index < -0.39 is 0 Å². The van der Waals surface area contributed by atoms with E-state index in [-0.39, 0.29) is 0 Å². The maximum absolute atomic E-state index is 4.09. The summed E-state index contributed by atoms with van der Waals surface area (Å²) in [6.07, 6.45) is 0. The van der Waals surface area contributed by atoms with E-state index >= 15 is 0 Å². The van der Waals surface area contributed by atoms with E-state index in [1.54, 1.807) is 11.3 Å². The summed E-state index contributed by atoms with van der Waals surface area (Å²) in [5, 5.41) is 10.2. The first-order valence-electron chi connectivity index (χ1n) is 4.90. The number of rotatable bonds is 2. The second kappa shape index (κ2) is 3.90. The fraction of sp³-hybridized carbons (Fsp3) is 0. The number of hydrogen-bond donors (Lipinski definition) is 0. The molecule has 0 saturated carbocycles. The van der Waals surface area contributed by atoms with Crippen LogP contribution in [0.3, 0.4) is 0 Å². The molecule has 1 aliphatic rings. The second-order valence-electron chi connectivity index (χ2n) is 3.33. The van der Waals surface area contributed by atoms with Gasteiger partial charge in [0.1, 0.15) is 11.4 Å². The van der Waals surface area contributed by atoms with E-state index in [2.05, 4.69) is 15.7 Å². The van der Waals surface area contributed by atoms with Gasteiger partial charge in [0, 0.05) is 5.56 Å². The van der Waals surface area contributed by atoms with Crippen LogP contribution in [0.4, 0.5) is 0 Å². The Morgan fingerprint density at radius 1 is 0.812 bits per heavy atom. The molecule has 0 aliphatic carbocycles. The molecule has 0 spiro atoms. The van der Waals surface area contributed by atoms with Crippen molar-refractivity contribution >= 4 is 22.8 Å². The van der Waals surface area contributed by atoms with Gasteiger partial charge in [-0.25, -0.2) is 0 Å². The molecular weight excluding hydrogens is 218 g/mol. The Bertz CT molecular complexity index is 541. The zero-order valence-electron chi connectivity index (χ0n) is 8.37. The fourth-order valence-corrected chi connectivity index (χ4v) is 2.29. The molecule has 0 saturated heterocycles. The Labute approximate surface area is 97.1 Å². The van der Waals surface area contributed by atoms with Gasteiger partial charge in [0.25, 0.3) is 0 Å². The molecule has 16 heavy (non-hydrogen) atoms. The summed E-state index contributed by atoms with van der Waals surface area (Å²) in [5.41, 5.74) is 6.53. The van der Waals surface area contributed by atoms with Crippen LogP contribution in [0, 0.1) is 0 Å². The molecule has 0 atom stereocenters. The maximum atomic E-state index is 4.09. The van der Waals surface area contributed by atoms with Crippen molar-refractivity contribution in [2.75, 3.05) is 0 Å². The zero-order chi connectivity index (χ0) is 10.8. The first-order chi connectivity index (χ1) is 7.95. The summed E-state index contributed by atoms with van der Waals surface area (Å²) >= 11 is 1.65. The molecule has 4 heteroatoms. The summed E-state index contributed by atoms with van der Waals surface area (Å²) in [5.74, 6) is 0. The van der Waals surface area contributed by atoms with Gasteiger partial charge >= 0.3 is 0 Å². The van der Waals surface area contributed by atoms with Gasteiger partial charge in [0.05, 0.1) is 4.88 Å². The van der Waals surface area contributed by atoms with Gasteiger partial charge in [-0.05, 0) is 17.0 Å². The monoisotopic (exact) mass is 226 g/mol. The number of benzene rings is 1. The lowest BCUT2D eigenvalue weighted by Crippen LogP contribution is -2.12. The van der Waals surface area contributed by atoms with Crippen LogP contribution < -0.4 is 5.53 Å². The third kappa shape index (κ3) is 1.53. The van der Waals surface area contributed by atoms with Gasteiger partial charge in [0.15, 0.2) is 0 Å². The zero-order valence-corrected chi connectivity index (χ0v) is 9.19. The van der Waals surface area contributed by atoms with Gasteiger partial charge in [-0.15, -0.1) is 21.5 Å². The van der Waals surface area contributed by atoms with E-state index in [0.29, 0.717) is 0 Å². The highest BCUT2D eigenvalue weighted by Crippen LogP contribution is 2.17. The lowest BCUT2D eigenvalue weighted by molar-refractivity contribution is 0.811. The van der Waals surface area contributed by atoms with Crippen LogP contribution in [0.1, 0.15) is 10.4 Å². The third-order valence-electron chi connectivity index (χ3n) is 2.32. The molecule has 0 amide bonds. The van der Waals surface area contributed by atoms with Gasteiger partial charge in [-0.3, -0.25) is 0 Å². The molecule has 0 unspecified atom stereocenters. The molecule has 77 valence electrons. The van der Waals surface area contributed by atoms with Crippen molar-refractivity contribution < 1.29 is 0 Å². The van der Waals surface area contributed by atoms with Gasteiger partial charge < -0.3 is 0 Å². The molecule has 1 aliphatic heterocycles. The first kappa shape index (κ1) is 9.30. The molecule has 2 aromatic rings.